The number of rotatable bonds is 2. The molecule has 0 spiro atoms. The zero-order chi connectivity index (χ0) is 15.0. The first-order chi connectivity index (χ1) is 9.97. The van der Waals surface area contributed by atoms with Crippen molar-refractivity contribution in [3.05, 3.63) is 47.3 Å². The van der Waals surface area contributed by atoms with E-state index in [2.05, 4.69) is 60.2 Å². The van der Waals surface area contributed by atoms with Gasteiger partial charge in [-0.15, -0.1) is 0 Å². The van der Waals surface area contributed by atoms with Crippen LogP contribution in [0.4, 0.5) is 11.6 Å². The second kappa shape index (κ2) is 5.02. The Kier molecular flexibility index (Phi) is 3.32. The predicted octanol–water partition coefficient (Wildman–Crippen LogP) is 3.34. The summed E-state index contributed by atoms with van der Waals surface area (Å²) in [7, 11) is 1.90. The Morgan fingerprint density at radius 2 is 1.67 bits per heavy atom. The van der Waals surface area contributed by atoms with Crippen molar-refractivity contribution in [2.24, 2.45) is 0 Å². The Morgan fingerprint density at radius 1 is 1.05 bits per heavy atom. The number of nitrogens with one attached hydrogen (secondary N) is 1. The van der Waals surface area contributed by atoms with Crippen LogP contribution in [-0.2, 0) is 18.5 Å². The molecule has 1 aliphatic rings. The summed E-state index contributed by atoms with van der Waals surface area (Å²) in [5, 5.41) is 3.15. The third-order valence-electron chi connectivity index (χ3n) is 3.80. The Hall–Kier alpha value is -2.10. The van der Waals surface area contributed by atoms with E-state index in [0.717, 1.165) is 30.5 Å². The van der Waals surface area contributed by atoms with Crippen molar-refractivity contribution in [1.29, 1.82) is 0 Å². The molecule has 2 aromatic rings. The van der Waals surface area contributed by atoms with Crippen molar-refractivity contribution in [1.82, 2.24) is 9.97 Å². The van der Waals surface area contributed by atoms with Gasteiger partial charge in [-0.05, 0) is 11.1 Å². The molecule has 1 aliphatic heterocycles. The van der Waals surface area contributed by atoms with E-state index < -0.39 is 0 Å². The Labute approximate surface area is 126 Å². The summed E-state index contributed by atoms with van der Waals surface area (Å²) >= 11 is 0. The lowest BCUT2D eigenvalue weighted by Crippen LogP contribution is -2.22. The van der Waals surface area contributed by atoms with Gasteiger partial charge < -0.3 is 10.2 Å². The SMILES string of the molecule is CNc1cc(N2Cc3ccccc3C2)nc(C(C)(C)C)n1. The predicted molar refractivity (Wildman–Crippen MR) is 86.6 cm³/mol. The maximum Gasteiger partial charge on any atom is 0.138 e. The molecule has 0 radical (unpaired) electrons. The minimum Gasteiger partial charge on any atom is -0.373 e. The maximum absolute atomic E-state index is 4.79. The van der Waals surface area contributed by atoms with Crippen molar-refractivity contribution in [2.75, 3.05) is 17.3 Å². The summed E-state index contributed by atoms with van der Waals surface area (Å²) in [6.07, 6.45) is 0. The third kappa shape index (κ3) is 2.71. The van der Waals surface area contributed by atoms with E-state index >= 15 is 0 Å². The van der Waals surface area contributed by atoms with Gasteiger partial charge in [0.1, 0.15) is 17.5 Å². The fourth-order valence-corrected chi connectivity index (χ4v) is 2.56. The highest BCUT2D eigenvalue weighted by atomic mass is 15.2. The van der Waals surface area contributed by atoms with Gasteiger partial charge in [0.2, 0.25) is 0 Å². The van der Waals surface area contributed by atoms with Crippen LogP contribution in [0, 0.1) is 0 Å². The first kappa shape index (κ1) is 13.9. The quantitative estimate of drug-likeness (QED) is 0.917. The largest absolute Gasteiger partial charge is 0.373 e. The van der Waals surface area contributed by atoms with Gasteiger partial charge in [0.05, 0.1) is 0 Å². The van der Waals surface area contributed by atoms with E-state index in [1.54, 1.807) is 0 Å². The zero-order valence-corrected chi connectivity index (χ0v) is 13.1. The smallest absolute Gasteiger partial charge is 0.138 e. The molecule has 1 N–H and O–H groups in total. The van der Waals surface area contributed by atoms with Crippen LogP contribution in [0.3, 0.4) is 0 Å². The van der Waals surface area contributed by atoms with Crippen LogP contribution >= 0.6 is 0 Å². The molecule has 0 atom stereocenters. The van der Waals surface area contributed by atoms with Crippen molar-refractivity contribution in [3.63, 3.8) is 0 Å². The summed E-state index contributed by atoms with van der Waals surface area (Å²) in [4.78, 5) is 11.7. The molecule has 0 aliphatic carbocycles. The van der Waals surface area contributed by atoms with Crippen LogP contribution < -0.4 is 10.2 Å². The second-order valence-electron chi connectivity index (χ2n) is 6.56. The van der Waals surface area contributed by atoms with Crippen molar-refractivity contribution in [2.45, 2.75) is 39.3 Å². The number of aromatic nitrogens is 2. The summed E-state index contributed by atoms with van der Waals surface area (Å²) in [5.74, 6) is 2.75. The Bertz CT molecular complexity index is 633. The summed E-state index contributed by atoms with van der Waals surface area (Å²) < 4.78 is 0. The van der Waals surface area contributed by atoms with Gasteiger partial charge >= 0.3 is 0 Å². The van der Waals surface area contributed by atoms with Crippen molar-refractivity contribution in [3.8, 4) is 0 Å². The van der Waals surface area contributed by atoms with E-state index in [1.165, 1.54) is 11.1 Å². The molecule has 110 valence electrons. The van der Waals surface area contributed by atoms with Crippen molar-refractivity contribution >= 4 is 11.6 Å². The number of hydrogen-bond donors (Lipinski definition) is 1. The average molecular weight is 282 g/mol. The second-order valence-corrected chi connectivity index (χ2v) is 6.56. The normalized spacial score (nSPS) is 14.2. The van der Waals surface area contributed by atoms with E-state index in [0.29, 0.717) is 0 Å². The van der Waals surface area contributed by atoms with Crippen molar-refractivity contribution < 1.29 is 0 Å². The van der Waals surface area contributed by atoms with E-state index in [-0.39, 0.29) is 5.41 Å². The minimum absolute atomic E-state index is 0.0613. The molecule has 0 saturated heterocycles. The van der Waals surface area contributed by atoms with E-state index in [9.17, 15) is 0 Å². The fourth-order valence-electron chi connectivity index (χ4n) is 2.56. The first-order valence-electron chi connectivity index (χ1n) is 7.36. The van der Waals surface area contributed by atoms with Crippen LogP contribution in [0.15, 0.2) is 30.3 Å². The van der Waals surface area contributed by atoms with Crippen LogP contribution in [0.2, 0.25) is 0 Å². The number of anilines is 2. The van der Waals surface area contributed by atoms with Gasteiger partial charge in [0, 0.05) is 31.6 Å². The minimum atomic E-state index is -0.0613. The molecule has 0 amide bonds. The average Bonchev–Trinajstić information content (AvgIpc) is 2.89. The first-order valence-corrected chi connectivity index (χ1v) is 7.36. The van der Waals surface area contributed by atoms with Gasteiger partial charge in [0.15, 0.2) is 0 Å². The molecular formula is C17H22N4. The van der Waals surface area contributed by atoms with Crippen LogP contribution in [0.1, 0.15) is 37.7 Å². The molecule has 0 unspecified atom stereocenters. The fraction of sp³-hybridized carbons (Fsp3) is 0.412. The molecule has 1 aromatic heterocycles. The molecule has 4 heteroatoms. The molecule has 4 nitrogen and oxygen atoms in total. The Balaban J connectivity index is 1.97. The van der Waals surface area contributed by atoms with Gasteiger partial charge in [-0.2, -0.15) is 0 Å². The molecule has 0 fully saturated rings. The summed E-state index contributed by atoms with van der Waals surface area (Å²) in [6, 6.07) is 10.6. The molecule has 0 saturated carbocycles. The molecule has 0 bridgehead atoms. The summed E-state index contributed by atoms with van der Waals surface area (Å²) in [5.41, 5.74) is 2.72. The molecule has 1 aromatic carbocycles. The molecule has 21 heavy (non-hydrogen) atoms. The highest BCUT2D eigenvalue weighted by Gasteiger charge is 2.24. The monoisotopic (exact) mass is 282 g/mol. The standard InChI is InChI=1S/C17H22N4/c1-17(2,3)16-19-14(18-4)9-15(20-16)21-10-12-7-5-6-8-13(12)11-21/h5-9H,10-11H2,1-4H3,(H,18,19,20). The highest BCUT2D eigenvalue weighted by molar-refractivity contribution is 5.53. The lowest BCUT2D eigenvalue weighted by atomic mass is 9.96. The third-order valence-corrected chi connectivity index (χ3v) is 3.80. The number of benzene rings is 1. The number of nitrogens with zero attached hydrogens (tertiary/aromatic N) is 3. The Morgan fingerprint density at radius 3 is 2.19 bits per heavy atom. The van der Waals surface area contributed by atoms with E-state index in [1.807, 2.05) is 13.1 Å². The van der Waals surface area contributed by atoms with Gasteiger partial charge in [0.25, 0.3) is 0 Å². The van der Waals surface area contributed by atoms with Gasteiger partial charge in [-0.3, -0.25) is 0 Å². The van der Waals surface area contributed by atoms with Gasteiger partial charge in [-0.1, -0.05) is 45.0 Å². The topological polar surface area (TPSA) is 41.0 Å². The lowest BCUT2D eigenvalue weighted by Gasteiger charge is -2.22. The zero-order valence-electron chi connectivity index (χ0n) is 13.1. The van der Waals surface area contributed by atoms with E-state index in [4.69, 9.17) is 4.98 Å². The number of fused-ring (bicyclic) bond motifs is 1. The number of hydrogen-bond acceptors (Lipinski definition) is 4. The molecule has 3 rings (SSSR count). The lowest BCUT2D eigenvalue weighted by molar-refractivity contribution is 0.545. The molecule has 2 heterocycles. The maximum atomic E-state index is 4.79. The molecular weight excluding hydrogens is 260 g/mol. The van der Waals surface area contributed by atoms with Gasteiger partial charge in [-0.25, -0.2) is 9.97 Å². The van der Waals surface area contributed by atoms with Crippen LogP contribution in [0.25, 0.3) is 0 Å². The van der Waals surface area contributed by atoms with Crippen LogP contribution in [0.5, 0.6) is 0 Å². The summed E-state index contributed by atoms with van der Waals surface area (Å²) in [6.45, 7) is 8.26. The highest BCUT2D eigenvalue weighted by Crippen LogP contribution is 2.30. The van der Waals surface area contributed by atoms with Crippen LogP contribution in [-0.4, -0.2) is 17.0 Å².